The molecule has 0 nitrogen and oxygen atoms in total. The average Bonchev–Trinajstić information content (AvgIpc) is 2.61. The highest BCUT2D eigenvalue weighted by Crippen LogP contribution is 2.44. The monoisotopic (exact) mass is 432 g/mol. The Bertz CT molecular complexity index is 554. The molecular weight excluding hydrogens is 430 g/mol. The van der Waals surface area contributed by atoms with E-state index in [1.54, 1.807) is 0 Å². The number of benzene rings is 1. The third-order valence-corrected chi connectivity index (χ3v) is 6.03. The molecule has 0 radical (unpaired) electrons. The van der Waals surface area contributed by atoms with Gasteiger partial charge in [0.25, 0.3) is 0 Å². The Morgan fingerprint density at radius 2 is 1.82 bits per heavy atom. The smallest absolute Gasteiger partial charge is 0.0990 e. The van der Waals surface area contributed by atoms with Crippen molar-refractivity contribution in [2.75, 3.05) is 0 Å². The highest BCUT2D eigenvalue weighted by atomic mass is 79.9. The van der Waals surface area contributed by atoms with Crippen molar-refractivity contribution in [1.29, 1.82) is 0 Å². The van der Waals surface area contributed by atoms with Crippen LogP contribution in [0.4, 0.5) is 0 Å². The lowest BCUT2D eigenvalue weighted by Crippen LogP contribution is -1.93. The SMILES string of the molecule is Clc1cc(C(Br)c2cccc(Br)c2Cl)c(Cl)s1. The Morgan fingerprint density at radius 3 is 2.41 bits per heavy atom. The maximum Gasteiger partial charge on any atom is 0.0990 e. The number of rotatable bonds is 2. The molecule has 0 bridgehead atoms. The first kappa shape index (κ1) is 14.2. The van der Waals surface area contributed by atoms with Crippen molar-refractivity contribution >= 4 is 78.0 Å². The summed E-state index contributed by atoms with van der Waals surface area (Å²) in [4.78, 5) is -0.0660. The van der Waals surface area contributed by atoms with Gasteiger partial charge in [-0.05, 0) is 33.6 Å². The summed E-state index contributed by atoms with van der Waals surface area (Å²) in [6.45, 7) is 0. The van der Waals surface area contributed by atoms with Gasteiger partial charge in [0, 0.05) is 10.0 Å². The van der Waals surface area contributed by atoms with Crippen molar-refractivity contribution in [3.8, 4) is 0 Å². The molecule has 1 unspecified atom stereocenters. The summed E-state index contributed by atoms with van der Waals surface area (Å²) in [5.41, 5.74) is 1.89. The third-order valence-electron chi connectivity index (χ3n) is 2.21. The molecule has 0 aliphatic rings. The Hall–Kier alpha value is 0.750. The molecule has 1 aromatic heterocycles. The van der Waals surface area contributed by atoms with Crippen molar-refractivity contribution < 1.29 is 0 Å². The van der Waals surface area contributed by atoms with Crippen LogP contribution in [-0.4, -0.2) is 0 Å². The fourth-order valence-electron chi connectivity index (χ4n) is 1.41. The Kier molecular flexibility index (Phi) is 4.84. The number of halogens is 5. The number of hydrogen-bond acceptors (Lipinski definition) is 1. The van der Waals surface area contributed by atoms with Crippen LogP contribution in [0.5, 0.6) is 0 Å². The molecule has 1 heterocycles. The molecule has 1 atom stereocenters. The van der Waals surface area contributed by atoms with Crippen molar-refractivity contribution in [1.82, 2.24) is 0 Å². The lowest BCUT2D eigenvalue weighted by Gasteiger charge is -2.12. The van der Waals surface area contributed by atoms with Crippen LogP contribution in [0.1, 0.15) is 16.0 Å². The maximum atomic E-state index is 6.25. The summed E-state index contributed by atoms with van der Waals surface area (Å²) >= 11 is 26.7. The van der Waals surface area contributed by atoms with Crippen LogP contribution in [0.2, 0.25) is 13.7 Å². The number of alkyl halides is 1. The van der Waals surface area contributed by atoms with Crippen molar-refractivity contribution in [2.24, 2.45) is 0 Å². The van der Waals surface area contributed by atoms with E-state index in [-0.39, 0.29) is 4.83 Å². The molecular formula is C11H5Br2Cl3S. The average molecular weight is 435 g/mol. The Morgan fingerprint density at radius 1 is 1.12 bits per heavy atom. The molecule has 2 rings (SSSR count). The first-order valence-electron chi connectivity index (χ1n) is 4.53. The molecule has 0 amide bonds. The molecule has 90 valence electrons. The van der Waals surface area contributed by atoms with Gasteiger partial charge >= 0.3 is 0 Å². The first-order chi connectivity index (χ1) is 8.00. The van der Waals surface area contributed by atoms with E-state index in [2.05, 4.69) is 31.9 Å². The second-order valence-corrected chi connectivity index (χ2v) is 7.72. The second-order valence-electron chi connectivity index (χ2n) is 3.29. The van der Waals surface area contributed by atoms with Gasteiger partial charge in [-0.25, -0.2) is 0 Å². The van der Waals surface area contributed by atoms with Gasteiger partial charge in [0.2, 0.25) is 0 Å². The van der Waals surface area contributed by atoms with E-state index in [9.17, 15) is 0 Å². The lowest BCUT2D eigenvalue weighted by atomic mass is 10.1. The van der Waals surface area contributed by atoms with Gasteiger partial charge in [-0.1, -0.05) is 62.9 Å². The van der Waals surface area contributed by atoms with E-state index in [1.165, 1.54) is 11.3 Å². The zero-order valence-corrected chi connectivity index (χ0v) is 14.4. The summed E-state index contributed by atoms with van der Waals surface area (Å²) in [6, 6.07) is 7.63. The van der Waals surface area contributed by atoms with Crippen LogP contribution in [0.3, 0.4) is 0 Å². The van der Waals surface area contributed by atoms with E-state index in [0.29, 0.717) is 13.7 Å². The third kappa shape index (κ3) is 3.02. The molecule has 0 fully saturated rings. The van der Waals surface area contributed by atoms with Crippen LogP contribution in [0.15, 0.2) is 28.7 Å². The molecule has 1 aromatic carbocycles. The van der Waals surface area contributed by atoms with Crippen LogP contribution in [0, 0.1) is 0 Å². The van der Waals surface area contributed by atoms with E-state index in [1.807, 2.05) is 24.3 Å². The zero-order chi connectivity index (χ0) is 12.6. The van der Waals surface area contributed by atoms with Gasteiger partial charge in [0.15, 0.2) is 0 Å². The lowest BCUT2D eigenvalue weighted by molar-refractivity contribution is 1.19. The van der Waals surface area contributed by atoms with Gasteiger partial charge in [0.1, 0.15) is 0 Å². The molecule has 17 heavy (non-hydrogen) atoms. The summed E-state index contributed by atoms with van der Waals surface area (Å²) in [7, 11) is 0. The zero-order valence-electron chi connectivity index (χ0n) is 8.18. The molecule has 0 aliphatic heterocycles. The maximum absolute atomic E-state index is 6.25. The first-order valence-corrected chi connectivity index (χ1v) is 8.19. The van der Waals surface area contributed by atoms with Gasteiger partial charge in [-0.3, -0.25) is 0 Å². The van der Waals surface area contributed by atoms with E-state index in [4.69, 9.17) is 34.8 Å². The molecule has 0 spiro atoms. The van der Waals surface area contributed by atoms with Crippen molar-refractivity contribution in [3.63, 3.8) is 0 Å². The van der Waals surface area contributed by atoms with Gasteiger partial charge in [-0.15, -0.1) is 11.3 Å². The molecule has 0 saturated heterocycles. The van der Waals surface area contributed by atoms with Gasteiger partial charge < -0.3 is 0 Å². The standard InChI is InChI=1S/C11H5Br2Cl3S/c12-7-3-1-2-5(10(7)15)9(13)6-4-8(14)17-11(6)16/h1-4,9H. The summed E-state index contributed by atoms with van der Waals surface area (Å²) < 4.78 is 2.20. The van der Waals surface area contributed by atoms with Gasteiger partial charge in [0.05, 0.1) is 18.5 Å². The Labute approximate surface area is 135 Å². The summed E-state index contributed by atoms with van der Waals surface area (Å²) in [6.07, 6.45) is 0. The fourth-order valence-corrected chi connectivity index (χ4v) is 4.72. The number of thiophene rings is 1. The van der Waals surface area contributed by atoms with E-state index >= 15 is 0 Å². The topological polar surface area (TPSA) is 0 Å². The highest BCUT2D eigenvalue weighted by Gasteiger charge is 2.19. The fraction of sp³-hybridized carbons (Fsp3) is 0.0909. The minimum atomic E-state index is -0.0660. The van der Waals surface area contributed by atoms with Crippen molar-refractivity contribution in [2.45, 2.75) is 4.83 Å². The molecule has 0 aliphatic carbocycles. The predicted octanol–water partition coefficient (Wildman–Crippen LogP) is 6.96. The molecule has 0 saturated carbocycles. The van der Waals surface area contributed by atoms with Crippen LogP contribution in [0.25, 0.3) is 0 Å². The number of hydrogen-bond donors (Lipinski definition) is 0. The minimum absolute atomic E-state index is 0.0660. The van der Waals surface area contributed by atoms with Gasteiger partial charge in [-0.2, -0.15) is 0 Å². The van der Waals surface area contributed by atoms with E-state index in [0.717, 1.165) is 15.6 Å². The Balaban J connectivity index is 2.47. The van der Waals surface area contributed by atoms with Crippen LogP contribution in [-0.2, 0) is 0 Å². The van der Waals surface area contributed by atoms with Crippen LogP contribution >= 0.6 is 78.0 Å². The molecule has 6 heteroatoms. The predicted molar refractivity (Wildman–Crippen MR) is 84.3 cm³/mol. The molecule has 2 aromatic rings. The highest BCUT2D eigenvalue weighted by molar-refractivity contribution is 9.10. The summed E-state index contributed by atoms with van der Waals surface area (Å²) in [5.74, 6) is 0. The normalized spacial score (nSPS) is 12.8. The molecule has 0 N–H and O–H groups in total. The quantitative estimate of drug-likeness (QED) is 0.448. The van der Waals surface area contributed by atoms with Crippen LogP contribution < -0.4 is 0 Å². The van der Waals surface area contributed by atoms with Crippen molar-refractivity contribution in [3.05, 3.63) is 53.6 Å². The minimum Gasteiger partial charge on any atom is -0.111 e. The van der Waals surface area contributed by atoms with E-state index < -0.39 is 0 Å². The summed E-state index contributed by atoms with van der Waals surface area (Å²) in [5, 5.41) is 0.674. The second kappa shape index (κ2) is 5.81. The largest absolute Gasteiger partial charge is 0.111 e.